The minimum absolute atomic E-state index is 0. The molecule has 109 valence electrons. The third-order valence-corrected chi connectivity index (χ3v) is 4.89. The molecule has 0 aliphatic rings. The van der Waals surface area contributed by atoms with E-state index in [4.69, 9.17) is 8.22 Å². The first-order valence-electron chi connectivity index (χ1n) is 8.94. The van der Waals surface area contributed by atoms with E-state index in [0.717, 1.165) is 12.1 Å². The number of hydrogen-bond acceptors (Lipinski definition) is 1. The molecule has 1 nitrogen and oxygen atoms in total. The number of rotatable bonds is 2. The van der Waals surface area contributed by atoms with Crippen molar-refractivity contribution in [3.8, 4) is 11.3 Å². The summed E-state index contributed by atoms with van der Waals surface area (Å²) in [6, 6.07) is 5.92. The number of hydrogen-bond donors (Lipinski definition) is 0. The smallest absolute Gasteiger partial charge is 0.0798 e. The van der Waals surface area contributed by atoms with E-state index in [1.807, 2.05) is 19.6 Å². The standard InChI is InChI=1S/C16H19FNSi.Ir/c1-11-8-13(17)6-7-14(11)15-9-12(2)16(10-18-15)19(3,4)5;/h6,8-10H,1-5H3;/q-1;/i1D3,2D3;. The summed E-state index contributed by atoms with van der Waals surface area (Å²) in [6.07, 6.45) is 1.50. The van der Waals surface area contributed by atoms with Crippen molar-refractivity contribution in [2.24, 2.45) is 0 Å². The molecule has 1 aromatic heterocycles. The van der Waals surface area contributed by atoms with Crippen molar-refractivity contribution in [2.45, 2.75) is 33.3 Å². The van der Waals surface area contributed by atoms with Gasteiger partial charge in [-0.3, -0.25) is 4.39 Å². The van der Waals surface area contributed by atoms with Crippen LogP contribution >= 0.6 is 0 Å². The van der Waals surface area contributed by atoms with Gasteiger partial charge in [-0.15, -0.1) is 29.3 Å². The molecule has 0 saturated carbocycles. The number of aryl methyl sites for hydroxylation is 2. The predicted octanol–water partition coefficient (Wildman–Crippen LogP) is 3.85. The molecule has 0 spiro atoms. The van der Waals surface area contributed by atoms with Gasteiger partial charge >= 0.3 is 0 Å². The molecule has 2 rings (SSSR count). The maximum absolute atomic E-state index is 13.5. The molecule has 1 radical (unpaired) electrons. The van der Waals surface area contributed by atoms with E-state index < -0.39 is 27.6 Å². The molecule has 0 saturated heterocycles. The Kier molecular flexibility index (Phi) is 3.14. The van der Waals surface area contributed by atoms with Crippen molar-refractivity contribution < 1.29 is 32.7 Å². The second-order valence-corrected chi connectivity index (χ2v) is 10.5. The van der Waals surface area contributed by atoms with Crippen LogP contribution in [0.2, 0.25) is 19.6 Å². The summed E-state index contributed by atoms with van der Waals surface area (Å²) >= 11 is 0. The number of benzene rings is 1. The summed E-state index contributed by atoms with van der Waals surface area (Å²) in [5.74, 6) is -0.718. The van der Waals surface area contributed by atoms with Crippen LogP contribution in [0.15, 0.2) is 24.4 Å². The van der Waals surface area contributed by atoms with Crippen LogP contribution in [0.1, 0.15) is 19.4 Å². The van der Waals surface area contributed by atoms with Crippen molar-refractivity contribution in [1.82, 2.24) is 4.98 Å². The van der Waals surface area contributed by atoms with Gasteiger partial charge in [0.05, 0.1) is 8.07 Å². The van der Waals surface area contributed by atoms with Gasteiger partial charge in [0, 0.05) is 40.3 Å². The number of nitrogens with zero attached hydrogens (tertiary/aromatic N) is 1. The molecule has 20 heavy (non-hydrogen) atoms. The average Bonchev–Trinajstić information content (AvgIpc) is 2.44. The molecule has 4 heteroatoms. The van der Waals surface area contributed by atoms with Crippen LogP contribution in [-0.4, -0.2) is 13.1 Å². The summed E-state index contributed by atoms with van der Waals surface area (Å²) in [7, 11) is -1.97. The van der Waals surface area contributed by atoms with E-state index in [2.05, 4.69) is 11.1 Å². The van der Waals surface area contributed by atoms with Crippen molar-refractivity contribution in [2.75, 3.05) is 0 Å². The molecular weight excluding hydrogens is 445 g/mol. The molecule has 2 aromatic rings. The quantitative estimate of drug-likeness (QED) is 0.480. The fourth-order valence-electron chi connectivity index (χ4n) is 1.87. The van der Waals surface area contributed by atoms with Crippen LogP contribution in [0.3, 0.4) is 0 Å². The first-order valence-corrected chi connectivity index (χ1v) is 9.44. The van der Waals surface area contributed by atoms with Crippen LogP contribution in [0.5, 0.6) is 0 Å². The van der Waals surface area contributed by atoms with Crippen molar-refractivity contribution in [1.29, 1.82) is 0 Å². The zero-order valence-corrected chi connectivity index (χ0v) is 14.9. The summed E-state index contributed by atoms with van der Waals surface area (Å²) in [5.41, 5.74) is 0.177. The molecule has 0 unspecified atom stereocenters. The van der Waals surface area contributed by atoms with Crippen LogP contribution in [-0.2, 0) is 20.1 Å². The SMILES string of the molecule is [2H]C([2H])([2H])c1cc(F)c[c-]c1-c1cc(C([2H])([2H])[2H])c([Si](C)(C)C)cn1.[Ir]. The van der Waals surface area contributed by atoms with Gasteiger partial charge in [-0.25, -0.2) is 0 Å². The Bertz CT molecular complexity index is 799. The molecule has 0 aliphatic heterocycles. The maximum atomic E-state index is 13.5. The molecule has 0 atom stereocenters. The monoisotopic (exact) mass is 471 g/mol. The van der Waals surface area contributed by atoms with Crippen molar-refractivity contribution in [3.05, 3.63) is 47.4 Å². The molecule has 1 heterocycles. The van der Waals surface area contributed by atoms with Crippen molar-refractivity contribution >= 4 is 13.3 Å². The Morgan fingerprint density at radius 1 is 1.20 bits per heavy atom. The Morgan fingerprint density at radius 2 is 1.90 bits per heavy atom. The second kappa shape index (κ2) is 6.29. The third-order valence-electron chi connectivity index (χ3n) is 2.87. The van der Waals surface area contributed by atoms with Gasteiger partial charge in [-0.1, -0.05) is 38.1 Å². The van der Waals surface area contributed by atoms with Crippen LogP contribution < -0.4 is 5.19 Å². The van der Waals surface area contributed by atoms with Crippen molar-refractivity contribution in [3.63, 3.8) is 0 Å². The van der Waals surface area contributed by atoms with Gasteiger partial charge in [-0.2, -0.15) is 0 Å². The minimum atomic E-state index is -2.56. The molecule has 0 fully saturated rings. The van der Waals surface area contributed by atoms with Gasteiger partial charge in [0.25, 0.3) is 0 Å². The summed E-state index contributed by atoms with van der Waals surface area (Å²) in [6.45, 7) is 1.12. The predicted molar refractivity (Wildman–Crippen MR) is 80.9 cm³/mol. The van der Waals surface area contributed by atoms with Gasteiger partial charge in [-0.05, 0) is 17.7 Å². The normalized spacial score (nSPS) is 16.8. The van der Waals surface area contributed by atoms with Gasteiger partial charge in [0.2, 0.25) is 0 Å². The zero-order valence-electron chi connectivity index (χ0n) is 17.5. The molecule has 0 bridgehead atoms. The molecular formula is C16H19FIrNSi-. The van der Waals surface area contributed by atoms with Crippen LogP contribution in [0.25, 0.3) is 11.3 Å². The number of pyridine rings is 1. The topological polar surface area (TPSA) is 12.9 Å². The van der Waals surface area contributed by atoms with E-state index in [1.165, 1.54) is 12.3 Å². The van der Waals surface area contributed by atoms with Crippen LogP contribution in [0, 0.1) is 25.6 Å². The largest absolute Gasteiger partial charge is 0.305 e. The number of halogens is 1. The average molecular weight is 471 g/mol. The van der Waals surface area contributed by atoms with E-state index in [0.29, 0.717) is 5.19 Å². The van der Waals surface area contributed by atoms with Crippen LogP contribution in [0.4, 0.5) is 4.39 Å². The zero-order chi connectivity index (χ0) is 19.2. The van der Waals surface area contributed by atoms with Gasteiger partial charge in [0.1, 0.15) is 0 Å². The molecule has 0 N–H and O–H groups in total. The molecule has 0 amide bonds. The van der Waals surface area contributed by atoms with E-state index in [-0.39, 0.29) is 42.5 Å². The third kappa shape index (κ3) is 3.63. The minimum Gasteiger partial charge on any atom is -0.305 e. The second-order valence-electron chi connectivity index (χ2n) is 5.47. The van der Waals surface area contributed by atoms with Gasteiger partial charge in [0.15, 0.2) is 0 Å². The van der Waals surface area contributed by atoms with Gasteiger partial charge < -0.3 is 4.98 Å². The molecule has 0 aliphatic carbocycles. The fourth-order valence-corrected chi connectivity index (χ4v) is 3.20. The Morgan fingerprint density at radius 3 is 2.50 bits per heavy atom. The van der Waals surface area contributed by atoms with E-state index in [1.54, 1.807) is 0 Å². The summed E-state index contributed by atoms with van der Waals surface area (Å²) < 4.78 is 59.7. The summed E-state index contributed by atoms with van der Waals surface area (Å²) in [4.78, 5) is 4.27. The molecule has 1 aromatic carbocycles. The fraction of sp³-hybridized carbons (Fsp3) is 0.312. The van der Waals surface area contributed by atoms with E-state index >= 15 is 0 Å². The summed E-state index contributed by atoms with van der Waals surface area (Å²) in [5, 5.41) is 0.689. The Hall–Kier alpha value is -0.834. The maximum Gasteiger partial charge on any atom is 0.0798 e. The Balaban J connectivity index is 0.00000338. The number of aromatic nitrogens is 1. The first kappa shape index (κ1) is 9.99. The first-order chi connectivity index (χ1) is 11.2. The van der Waals surface area contributed by atoms with E-state index in [9.17, 15) is 4.39 Å². The Labute approximate surface area is 143 Å².